The van der Waals surface area contributed by atoms with Crippen molar-refractivity contribution in [2.75, 3.05) is 0 Å². The van der Waals surface area contributed by atoms with Crippen molar-refractivity contribution in [3.05, 3.63) is 29.3 Å². The first-order valence-corrected chi connectivity index (χ1v) is 4.94. The molecule has 0 bridgehead atoms. The SMILES string of the molecule is CCc1cccc(CC(C)C)c1O. The standard InChI is InChI=1S/C12H18O/c1-4-10-6-5-7-11(12(10)13)8-9(2)3/h5-7,9,13H,4,8H2,1-3H3. The second-order valence-electron chi connectivity index (χ2n) is 3.88. The zero-order valence-corrected chi connectivity index (χ0v) is 8.67. The average Bonchev–Trinajstić information content (AvgIpc) is 2.08. The van der Waals surface area contributed by atoms with Crippen LogP contribution in [0.3, 0.4) is 0 Å². The maximum atomic E-state index is 9.84. The van der Waals surface area contributed by atoms with Gasteiger partial charge in [0.1, 0.15) is 5.75 Å². The highest BCUT2D eigenvalue weighted by atomic mass is 16.3. The molecule has 0 aliphatic heterocycles. The summed E-state index contributed by atoms with van der Waals surface area (Å²) in [4.78, 5) is 0. The maximum absolute atomic E-state index is 9.84. The molecule has 1 rings (SSSR count). The summed E-state index contributed by atoms with van der Waals surface area (Å²) in [5, 5.41) is 9.84. The number of hydrogen-bond donors (Lipinski definition) is 1. The summed E-state index contributed by atoms with van der Waals surface area (Å²) >= 11 is 0. The lowest BCUT2D eigenvalue weighted by Gasteiger charge is -2.10. The van der Waals surface area contributed by atoms with Crippen molar-refractivity contribution in [1.29, 1.82) is 0 Å². The van der Waals surface area contributed by atoms with Gasteiger partial charge in [0.05, 0.1) is 0 Å². The monoisotopic (exact) mass is 178 g/mol. The van der Waals surface area contributed by atoms with E-state index in [4.69, 9.17) is 0 Å². The van der Waals surface area contributed by atoms with Gasteiger partial charge in [0.25, 0.3) is 0 Å². The molecular weight excluding hydrogens is 160 g/mol. The molecule has 0 atom stereocenters. The minimum Gasteiger partial charge on any atom is -0.507 e. The van der Waals surface area contributed by atoms with Crippen molar-refractivity contribution >= 4 is 0 Å². The molecule has 0 aromatic heterocycles. The summed E-state index contributed by atoms with van der Waals surface area (Å²) in [6, 6.07) is 6.02. The van der Waals surface area contributed by atoms with E-state index in [0.717, 1.165) is 24.0 Å². The van der Waals surface area contributed by atoms with Crippen LogP contribution in [0.1, 0.15) is 31.9 Å². The van der Waals surface area contributed by atoms with Gasteiger partial charge < -0.3 is 5.11 Å². The molecule has 1 aromatic carbocycles. The molecule has 13 heavy (non-hydrogen) atoms. The minimum atomic E-state index is 0.499. The molecule has 0 aliphatic rings. The third kappa shape index (κ3) is 2.48. The van der Waals surface area contributed by atoms with E-state index in [-0.39, 0.29) is 0 Å². The van der Waals surface area contributed by atoms with Crippen molar-refractivity contribution in [3.63, 3.8) is 0 Å². The lowest BCUT2D eigenvalue weighted by atomic mass is 9.99. The lowest BCUT2D eigenvalue weighted by Crippen LogP contribution is -1.96. The Bertz CT molecular complexity index is 276. The van der Waals surface area contributed by atoms with Crippen LogP contribution in [0.25, 0.3) is 0 Å². The minimum absolute atomic E-state index is 0.499. The maximum Gasteiger partial charge on any atom is 0.121 e. The van der Waals surface area contributed by atoms with Gasteiger partial charge >= 0.3 is 0 Å². The van der Waals surface area contributed by atoms with Crippen molar-refractivity contribution < 1.29 is 5.11 Å². The van der Waals surface area contributed by atoms with Crippen LogP contribution in [0.5, 0.6) is 5.75 Å². The van der Waals surface area contributed by atoms with Crippen LogP contribution in [0.2, 0.25) is 0 Å². The summed E-state index contributed by atoms with van der Waals surface area (Å²) in [7, 11) is 0. The van der Waals surface area contributed by atoms with E-state index >= 15 is 0 Å². The average molecular weight is 178 g/mol. The number of para-hydroxylation sites is 1. The highest BCUT2D eigenvalue weighted by Crippen LogP contribution is 2.24. The van der Waals surface area contributed by atoms with Gasteiger partial charge in [-0.1, -0.05) is 39.0 Å². The Morgan fingerprint density at radius 2 is 1.85 bits per heavy atom. The summed E-state index contributed by atoms with van der Waals surface area (Å²) in [6.45, 7) is 6.39. The number of phenols is 1. The van der Waals surface area contributed by atoms with E-state index in [9.17, 15) is 5.11 Å². The Balaban J connectivity index is 2.94. The van der Waals surface area contributed by atoms with E-state index in [1.165, 1.54) is 0 Å². The third-order valence-electron chi connectivity index (χ3n) is 2.21. The Kier molecular flexibility index (Phi) is 3.35. The largest absolute Gasteiger partial charge is 0.507 e. The van der Waals surface area contributed by atoms with E-state index < -0.39 is 0 Å². The second-order valence-corrected chi connectivity index (χ2v) is 3.88. The number of hydrogen-bond acceptors (Lipinski definition) is 1. The number of rotatable bonds is 3. The molecular formula is C12H18O. The van der Waals surface area contributed by atoms with Crippen LogP contribution in [-0.4, -0.2) is 5.11 Å². The number of benzene rings is 1. The Labute approximate surface area is 80.4 Å². The van der Waals surface area contributed by atoms with Crippen molar-refractivity contribution in [2.24, 2.45) is 5.92 Å². The van der Waals surface area contributed by atoms with Gasteiger partial charge in [-0.3, -0.25) is 0 Å². The quantitative estimate of drug-likeness (QED) is 0.753. The molecule has 0 radical (unpaired) electrons. The zero-order chi connectivity index (χ0) is 9.84. The van der Waals surface area contributed by atoms with Gasteiger partial charge in [0.15, 0.2) is 0 Å². The zero-order valence-electron chi connectivity index (χ0n) is 8.67. The van der Waals surface area contributed by atoms with Crippen LogP contribution in [0.4, 0.5) is 0 Å². The van der Waals surface area contributed by atoms with Crippen LogP contribution >= 0.6 is 0 Å². The van der Waals surface area contributed by atoms with Gasteiger partial charge in [-0.25, -0.2) is 0 Å². The number of aromatic hydroxyl groups is 1. The second kappa shape index (κ2) is 4.31. The fraction of sp³-hybridized carbons (Fsp3) is 0.500. The fourth-order valence-electron chi connectivity index (χ4n) is 1.53. The van der Waals surface area contributed by atoms with Gasteiger partial charge in [0.2, 0.25) is 0 Å². The van der Waals surface area contributed by atoms with E-state index in [1.54, 1.807) is 0 Å². The molecule has 72 valence electrons. The van der Waals surface area contributed by atoms with Crippen molar-refractivity contribution in [2.45, 2.75) is 33.6 Å². The molecule has 0 aliphatic carbocycles. The van der Waals surface area contributed by atoms with Gasteiger partial charge in [-0.05, 0) is 29.9 Å². The topological polar surface area (TPSA) is 20.2 Å². The van der Waals surface area contributed by atoms with Crippen LogP contribution < -0.4 is 0 Å². The summed E-state index contributed by atoms with van der Waals surface area (Å²) in [5.41, 5.74) is 2.13. The van der Waals surface area contributed by atoms with Crippen LogP contribution in [0, 0.1) is 5.92 Å². The number of phenolic OH excluding ortho intramolecular Hbond substituents is 1. The van der Waals surface area contributed by atoms with Gasteiger partial charge in [0, 0.05) is 0 Å². The highest BCUT2D eigenvalue weighted by Gasteiger charge is 2.06. The molecule has 0 amide bonds. The fourth-order valence-corrected chi connectivity index (χ4v) is 1.53. The molecule has 1 heteroatoms. The first-order chi connectivity index (χ1) is 6.15. The van der Waals surface area contributed by atoms with Crippen molar-refractivity contribution in [1.82, 2.24) is 0 Å². The predicted octanol–water partition coefficient (Wildman–Crippen LogP) is 3.15. The summed E-state index contributed by atoms with van der Waals surface area (Å²) < 4.78 is 0. The van der Waals surface area contributed by atoms with Crippen molar-refractivity contribution in [3.8, 4) is 5.75 Å². The lowest BCUT2D eigenvalue weighted by molar-refractivity contribution is 0.456. The molecule has 0 saturated heterocycles. The first kappa shape index (κ1) is 10.1. The first-order valence-electron chi connectivity index (χ1n) is 4.94. The Morgan fingerprint density at radius 1 is 1.23 bits per heavy atom. The summed E-state index contributed by atoms with van der Waals surface area (Å²) in [5.74, 6) is 1.09. The van der Waals surface area contributed by atoms with Crippen LogP contribution in [0.15, 0.2) is 18.2 Å². The predicted molar refractivity (Wildman–Crippen MR) is 56.0 cm³/mol. The normalized spacial score (nSPS) is 10.8. The Hall–Kier alpha value is -0.980. The van der Waals surface area contributed by atoms with Crippen LogP contribution in [-0.2, 0) is 12.8 Å². The molecule has 1 aromatic rings. The molecule has 0 fully saturated rings. The third-order valence-corrected chi connectivity index (χ3v) is 2.21. The molecule has 1 nitrogen and oxygen atoms in total. The molecule has 1 N–H and O–H groups in total. The van der Waals surface area contributed by atoms with E-state index in [0.29, 0.717) is 11.7 Å². The van der Waals surface area contributed by atoms with Gasteiger partial charge in [-0.15, -0.1) is 0 Å². The highest BCUT2D eigenvalue weighted by molar-refractivity contribution is 5.40. The van der Waals surface area contributed by atoms with E-state index in [2.05, 4.69) is 20.8 Å². The molecule has 0 saturated carbocycles. The summed E-state index contributed by atoms with van der Waals surface area (Å²) in [6.07, 6.45) is 1.86. The van der Waals surface area contributed by atoms with E-state index in [1.807, 2.05) is 18.2 Å². The molecule has 0 spiro atoms. The molecule has 0 heterocycles. The Morgan fingerprint density at radius 3 is 2.38 bits per heavy atom. The molecule has 0 unspecified atom stereocenters. The smallest absolute Gasteiger partial charge is 0.121 e. The number of aryl methyl sites for hydroxylation is 1. The van der Waals surface area contributed by atoms with Gasteiger partial charge in [-0.2, -0.15) is 0 Å².